The predicted molar refractivity (Wildman–Crippen MR) is 104 cm³/mol. The Bertz CT molecular complexity index is 799. The molecule has 0 amide bonds. The summed E-state index contributed by atoms with van der Waals surface area (Å²) in [6, 6.07) is 2.94. The molecule has 2 heterocycles. The summed E-state index contributed by atoms with van der Waals surface area (Å²) in [7, 11) is 0. The number of aliphatic hydroxyl groups is 1. The molecule has 5 nitrogen and oxygen atoms in total. The van der Waals surface area contributed by atoms with Crippen LogP contribution in [0.25, 0.3) is 0 Å². The van der Waals surface area contributed by atoms with E-state index >= 15 is 0 Å². The number of halogens is 2. The van der Waals surface area contributed by atoms with Gasteiger partial charge in [0.1, 0.15) is 29.9 Å². The van der Waals surface area contributed by atoms with Gasteiger partial charge in [-0.15, -0.1) is 0 Å². The molecule has 0 aliphatic carbocycles. The SMILES string of the molecule is CCCC=C1CCN(C(C)C(O)(Cn2cncn2)c2ccc(F)cc2F)CC1. The lowest BCUT2D eigenvalue weighted by Gasteiger charge is -2.43. The van der Waals surface area contributed by atoms with Crippen LogP contribution in [0.2, 0.25) is 0 Å². The fourth-order valence-electron chi connectivity index (χ4n) is 3.90. The van der Waals surface area contributed by atoms with Gasteiger partial charge in [0.05, 0.1) is 6.54 Å². The minimum Gasteiger partial charge on any atom is -0.381 e. The zero-order chi connectivity index (χ0) is 20.1. The molecular formula is C21H28F2N4O. The Labute approximate surface area is 164 Å². The van der Waals surface area contributed by atoms with Crippen molar-refractivity contribution in [3.63, 3.8) is 0 Å². The summed E-state index contributed by atoms with van der Waals surface area (Å²) >= 11 is 0. The number of unbranched alkanes of at least 4 members (excludes halogenated alkanes) is 1. The van der Waals surface area contributed by atoms with E-state index in [1.807, 2.05) is 6.92 Å². The van der Waals surface area contributed by atoms with Gasteiger partial charge in [-0.2, -0.15) is 5.10 Å². The van der Waals surface area contributed by atoms with Crippen LogP contribution in [0.3, 0.4) is 0 Å². The van der Waals surface area contributed by atoms with E-state index in [2.05, 4.69) is 28.0 Å². The molecule has 1 fully saturated rings. The summed E-state index contributed by atoms with van der Waals surface area (Å²) < 4.78 is 29.6. The highest BCUT2D eigenvalue weighted by molar-refractivity contribution is 5.27. The number of aromatic nitrogens is 3. The second-order valence-electron chi connectivity index (χ2n) is 7.50. The highest BCUT2D eigenvalue weighted by Crippen LogP contribution is 2.34. The van der Waals surface area contributed by atoms with Crippen LogP contribution in [0.1, 0.15) is 45.1 Å². The van der Waals surface area contributed by atoms with Crippen molar-refractivity contribution >= 4 is 0 Å². The van der Waals surface area contributed by atoms with E-state index in [4.69, 9.17) is 0 Å². The molecule has 7 heteroatoms. The van der Waals surface area contributed by atoms with Crippen LogP contribution in [0.5, 0.6) is 0 Å². The Morgan fingerprint density at radius 2 is 2.04 bits per heavy atom. The molecule has 0 saturated carbocycles. The fourth-order valence-corrected chi connectivity index (χ4v) is 3.90. The van der Waals surface area contributed by atoms with Crippen molar-refractivity contribution in [2.75, 3.05) is 13.1 Å². The highest BCUT2D eigenvalue weighted by Gasteiger charge is 2.42. The molecule has 1 aliphatic rings. The van der Waals surface area contributed by atoms with Crippen LogP contribution in [0.15, 0.2) is 42.5 Å². The topological polar surface area (TPSA) is 54.2 Å². The van der Waals surface area contributed by atoms with E-state index in [9.17, 15) is 13.9 Å². The van der Waals surface area contributed by atoms with E-state index in [0.717, 1.165) is 44.8 Å². The quantitative estimate of drug-likeness (QED) is 0.733. The van der Waals surface area contributed by atoms with E-state index in [1.54, 1.807) is 0 Å². The first-order valence-corrected chi connectivity index (χ1v) is 9.86. The Hall–Kier alpha value is -2.12. The molecule has 1 aliphatic heterocycles. The molecular weight excluding hydrogens is 362 g/mol. The Morgan fingerprint density at radius 1 is 1.29 bits per heavy atom. The maximum Gasteiger partial charge on any atom is 0.137 e. The average molecular weight is 390 g/mol. The first-order chi connectivity index (χ1) is 13.4. The van der Waals surface area contributed by atoms with Gasteiger partial charge in [-0.05, 0) is 32.3 Å². The summed E-state index contributed by atoms with van der Waals surface area (Å²) in [5, 5.41) is 15.7. The van der Waals surface area contributed by atoms with Crippen LogP contribution >= 0.6 is 0 Å². The number of rotatable bonds is 7. The lowest BCUT2D eigenvalue weighted by molar-refractivity contribution is -0.0657. The van der Waals surface area contributed by atoms with Crippen molar-refractivity contribution in [1.82, 2.24) is 19.7 Å². The molecule has 1 aromatic carbocycles. The standard InChI is InChI=1S/C21H28F2N4O/c1-3-4-5-17-8-10-26(11-9-17)16(2)21(28,13-27-15-24-14-25-27)19-7-6-18(22)12-20(19)23/h5-7,12,14-16,28H,3-4,8-11,13H2,1-2H3. The molecule has 152 valence electrons. The van der Waals surface area contributed by atoms with Crippen LogP contribution in [-0.4, -0.2) is 43.9 Å². The van der Waals surface area contributed by atoms with Crippen molar-refractivity contribution < 1.29 is 13.9 Å². The molecule has 1 aromatic heterocycles. The Kier molecular flexibility index (Phi) is 6.57. The number of allylic oxidation sites excluding steroid dienone is 1. The minimum absolute atomic E-state index is 0.0335. The van der Waals surface area contributed by atoms with Crippen molar-refractivity contribution in [2.24, 2.45) is 0 Å². The lowest BCUT2D eigenvalue weighted by atomic mass is 9.84. The number of hydrogen-bond acceptors (Lipinski definition) is 4. The second kappa shape index (κ2) is 8.92. The molecule has 2 unspecified atom stereocenters. The van der Waals surface area contributed by atoms with Gasteiger partial charge in [-0.25, -0.2) is 18.4 Å². The van der Waals surface area contributed by atoms with Crippen molar-refractivity contribution in [3.05, 3.63) is 59.7 Å². The number of benzene rings is 1. The Balaban J connectivity index is 1.86. The lowest BCUT2D eigenvalue weighted by Crippen LogP contribution is -2.53. The zero-order valence-corrected chi connectivity index (χ0v) is 16.5. The molecule has 3 rings (SSSR count). The van der Waals surface area contributed by atoms with Crippen molar-refractivity contribution in [1.29, 1.82) is 0 Å². The predicted octanol–water partition coefficient (Wildman–Crippen LogP) is 3.65. The van der Waals surface area contributed by atoms with Crippen LogP contribution < -0.4 is 0 Å². The van der Waals surface area contributed by atoms with E-state index in [0.29, 0.717) is 0 Å². The molecule has 0 radical (unpaired) electrons. The first-order valence-electron chi connectivity index (χ1n) is 9.86. The molecule has 2 aromatic rings. The monoisotopic (exact) mass is 390 g/mol. The number of nitrogens with zero attached hydrogens (tertiary/aromatic N) is 4. The van der Waals surface area contributed by atoms with Gasteiger partial charge >= 0.3 is 0 Å². The van der Waals surface area contributed by atoms with Crippen molar-refractivity contribution in [3.8, 4) is 0 Å². The van der Waals surface area contributed by atoms with Gasteiger partial charge in [0.2, 0.25) is 0 Å². The third kappa shape index (κ3) is 4.47. The molecule has 0 spiro atoms. The largest absolute Gasteiger partial charge is 0.381 e. The first kappa shape index (κ1) is 20.6. The third-order valence-corrected chi connectivity index (χ3v) is 5.67. The summed E-state index contributed by atoms with van der Waals surface area (Å²) in [6.07, 6.45) is 9.26. The maximum absolute atomic E-state index is 14.6. The van der Waals surface area contributed by atoms with E-state index in [1.165, 1.54) is 35.0 Å². The maximum atomic E-state index is 14.6. The van der Waals surface area contributed by atoms with Crippen LogP contribution in [0, 0.1) is 11.6 Å². The van der Waals surface area contributed by atoms with Crippen LogP contribution in [0.4, 0.5) is 8.78 Å². The van der Waals surface area contributed by atoms with E-state index < -0.39 is 17.2 Å². The normalized spacial score (nSPS) is 18.7. The number of piperidine rings is 1. The van der Waals surface area contributed by atoms with Gasteiger partial charge in [-0.3, -0.25) is 4.90 Å². The molecule has 2 atom stereocenters. The average Bonchev–Trinajstić information content (AvgIpc) is 3.18. The zero-order valence-electron chi connectivity index (χ0n) is 16.5. The summed E-state index contributed by atoms with van der Waals surface area (Å²) in [6.45, 7) is 5.67. The van der Waals surface area contributed by atoms with E-state index in [-0.39, 0.29) is 18.2 Å². The molecule has 0 bridgehead atoms. The highest BCUT2D eigenvalue weighted by atomic mass is 19.1. The summed E-state index contributed by atoms with van der Waals surface area (Å²) in [4.78, 5) is 6.08. The molecule has 28 heavy (non-hydrogen) atoms. The van der Waals surface area contributed by atoms with Gasteiger partial charge in [-0.1, -0.05) is 31.1 Å². The smallest absolute Gasteiger partial charge is 0.137 e. The molecule has 1 saturated heterocycles. The number of hydrogen-bond donors (Lipinski definition) is 1. The molecule has 1 N–H and O–H groups in total. The number of likely N-dealkylation sites (tertiary alicyclic amines) is 1. The van der Waals surface area contributed by atoms with Gasteiger partial charge in [0.15, 0.2) is 0 Å². The minimum atomic E-state index is -1.57. The van der Waals surface area contributed by atoms with Gasteiger partial charge in [0.25, 0.3) is 0 Å². The third-order valence-electron chi connectivity index (χ3n) is 5.67. The second-order valence-corrected chi connectivity index (χ2v) is 7.50. The van der Waals surface area contributed by atoms with Gasteiger partial charge in [0, 0.05) is 30.8 Å². The van der Waals surface area contributed by atoms with Crippen LogP contribution in [-0.2, 0) is 12.1 Å². The van der Waals surface area contributed by atoms with Gasteiger partial charge < -0.3 is 5.11 Å². The van der Waals surface area contributed by atoms with Crippen molar-refractivity contribution in [2.45, 2.75) is 57.7 Å². The Morgan fingerprint density at radius 3 is 2.64 bits per heavy atom. The summed E-state index contributed by atoms with van der Waals surface area (Å²) in [5.74, 6) is -1.42. The fraction of sp³-hybridized carbons (Fsp3) is 0.524. The summed E-state index contributed by atoms with van der Waals surface area (Å²) in [5.41, 5.74) is -0.0573.